The van der Waals surface area contributed by atoms with Crippen molar-refractivity contribution in [3.63, 3.8) is 0 Å². The van der Waals surface area contributed by atoms with Crippen LogP contribution in [0.15, 0.2) is 41.5 Å². The van der Waals surface area contributed by atoms with Crippen LogP contribution < -0.4 is 21.5 Å². The third-order valence-electron chi connectivity index (χ3n) is 4.11. The zero-order chi connectivity index (χ0) is 19.1. The zero-order valence-corrected chi connectivity index (χ0v) is 15.6. The maximum atomic E-state index is 12.0. The zero-order valence-electron chi connectivity index (χ0n) is 13.5. The van der Waals surface area contributed by atoms with Crippen molar-refractivity contribution in [2.45, 2.75) is 6.42 Å². The van der Waals surface area contributed by atoms with Gasteiger partial charge in [-0.05, 0) is 0 Å². The Balaban J connectivity index is 1.35. The molecule has 1 atom stereocenters. The molecule has 27 heavy (non-hydrogen) atoms. The van der Waals surface area contributed by atoms with E-state index in [1.165, 1.54) is 12.1 Å². The molecule has 10 heteroatoms. The number of carbonyl (C=O) groups is 4. The predicted octanol–water partition coefficient (Wildman–Crippen LogP) is -2.14. The van der Waals surface area contributed by atoms with Crippen molar-refractivity contribution in [1.82, 2.24) is 3.44 Å². The van der Waals surface area contributed by atoms with Gasteiger partial charge in [0.15, 0.2) is 0 Å². The number of carbonyl (C=O) groups excluding carboxylic acids is 4. The van der Waals surface area contributed by atoms with Crippen molar-refractivity contribution >= 4 is 23.9 Å². The molecule has 0 aromatic heterocycles. The second kappa shape index (κ2) is 6.96. The fraction of sp³-hybridized carbons (Fsp3) is 0.176. The van der Waals surface area contributed by atoms with Crippen LogP contribution >= 0.6 is 0 Å². The third-order valence-corrected chi connectivity index (χ3v) is 6.01. The van der Waals surface area contributed by atoms with E-state index in [1.807, 2.05) is 0 Å². The van der Waals surface area contributed by atoms with Crippen molar-refractivity contribution < 1.29 is 55.0 Å². The molecular weight excluding hydrogens is 473 g/mol. The quantitative estimate of drug-likeness (QED) is 0.152. The Kier molecular flexibility index (Phi) is 4.63. The molecule has 4 rings (SSSR count). The molecule has 0 spiro atoms. The van der Waals surface area contributed by atoms with Gasteiger partial charge in [0.1, 0.15) is 0 Å². The summed E-state index contributed by atoms with van der Waals surface area (Å²) in [6.07, 6.45) is 3.62. The van der Waals surface area contributed by atoms with E-state index in [4.69, 9.17) is 4.84 Å². The summed E-state index contributed by atoms with van der Waals surface area (Å²) in [6.45, 7) is 0.0312. The average molecular weight is 483 g/mol. The minimum absolute atomic E-state index is 0.0312. The first kappa shape index (κ1) is 18.0. The predicted molar refractivity (Wildman–Crippen MR) is 81.4 cm³/mol. The van der Waals surface area contributed by atoms with Crippen LogP contribution in [0.5, 0.6) is 0 Å². The fourth-order valence-electron chi connectivity index (χ4n) is 2.82. The normalized spacial score (nSPS) is 21.0. The van der Waals surface area contributed by atoms with Crippen LogP contribution in [0.3, 0.4) is 0 Å². The van der Waals surface area contributed by atoms with Crippen LogP contribution in [0.25, 0.3) is 0 Å². The van der Waals surface area contributed by atoms with E-state index in [2.05, 4.69) is 9.47 Å². The molecule has 1 saturated heterocycles. The second-order valence-electron chi connectivity index (χ2n) is 5.83. The van der Waals surface area contributed by atoms with E-state index >= 15 is 0 Å². The second-order valence-corrected chi connectivity index (χ2v) is 8.35. The molecule has 1 fully saturated rings. The van der Waals surface area contributed by atoms with Crippen LogP contribution in [-0.4, -0.2) is 33.9 Å². The molecule has 0 saturated carbocycles. The standard InChI is InChI=1S/C17H10INO8/c20-14-10-3-1-8(5-12(10)16(22)26-14)7-25-19(24)18-9-2-4-11-13(6-9)17(23)27-15(11)21/h2-6,8H,1,7H2/q-2. The SMILES string of the molecule is O=C1OC(=O)C2=CC(CON([O-])[I-]c3ccc4c(c3)C(=O)OC4=O)CC=C12. The summed E-state index contributed by atoms with van der Waals surface area (Å²) in [7, 11) is 0. The number of rotatable bonds is 5. The number of halogens is 1. The number of fused-ring (bicyclic) bond motifs is 2. The first-order chi connectivity index (χ1) is 12.9. The number of hydrogen-bond donors (Lipinski definition) is 0. The Morgan fingerprint density at radius 2 is 1.74 bits per heavy atom. The number of allylic oxidation sites excluding steroid dienone is 1. The van der Waals surface area contributed by atoms with Gasteiger partial charge >= 0.3 is 163 Å². The molecule has 0 N–H and O–H groups in total. The number of cyclic esters (lactones) is 4. The van der Waals surface area contributed by atoms with Gasteiger partial charge in [-0.25, -0.2) is 0 Å². The van der Waals surface area contributed by atoms with E-state index in [0.717, 1.165) is 0 Å². The molecule has 0 amide bonds. The van der Waals surface area contributed by atoms with E-state index < -0.39 is 45.4 Å². The van der Waals surface area contributed by atoms with Gasteiger partial charge < -0.3 is 0 Å². The Morgan fingerprint density at radius 3 is 2.56 bits per heavy atom. The third kappa shape index (κ3) is 3.43. The summed E-state index contributed by atoms with van der Waals surface area (Å²) in [5.74, 6) is -3.02. The van der Waals surface area contributed by atoms with E-state index in [-0.39, 0.29) is 34.8 Å². The first-order valence-electron chi connectivity index (χ1n) is 7.77. The van der Waals surface area contributed by atoms with Gasteiger partial charge in [-0.15, -0.1) is 0 Å². The van der Waals surface area contributed by atoms with Crippen molar-refractivity contribution in [3.8, 4) is 0 Å². The molecule has 1 aliphatic carbocycles. The monoisotopic (exact) mass is 483 g/mol. The van der Waals surface area contributed by atoms with Gasteiger partial charge in [-0.2, -0.15) is 0 Å². The number of hydrogen-bond acceptors (Lipinski definition) is 9. The Labute approximate surface area is 162 Å². The number of ether oxygens (including phenoxy) is 2. The summed E-state index contributed by atoms with van der Waals surface area (Å²) in [4.78, 5) is 51.2. The Hall–Kier alpha value is -2.41. The molecule has 2 heterocycles. The fourth-order valence-corrected chi connectivity index (χ4v) is 4.37. The summed E-state index contributed by atoms with van der Waals surface area (Å²) >= 11 is -1.28. The average Bonchev–Trinajstić information content (AvgIpc) is 3.08. The van der Waals surface area contributed by atoms with Gasteiger partial charge in [-0.1, -0.05) is 0 Å². The van der Waals surface area contributed by atoms with Crippen molar-refractivity contribution in [1.29, 1.82) is 0 Å². The molecule has 2 aliphatic heterocycles. The maximum absolute atomic E-state index is 12.0. The van der Waals surface area contributed by atoms with Crippen LogP contribution in [0, 0.1) is 14.7 Å². The molecule has 1 aromatic carbocycles. The molecule has 3 aliphatic rings. The van der Waals surface area contributed by atoms with E-state index in [9.17, 15) is 24.4 Å². The molecule has 1 aromatic rings. The van der Waals surface area contributed by atoms with E-state index in [0.29, 0.717) is 13.4 Å². The Morgan fingerprint density at radius 1 is 1.04 bits per heavy atom. The topological polar surface area (TPSA) is 122 Å². The molecule has 140 valence electrons. The van der Waals surface area contributed by atoms with Crippen molar-refractivity contribution in [2.75, 3.05) is 6.61 Å². The molecular formula is C17H10INO8-2. The number of nitrogens with zero attached hydrogens (tertiary/aromatic N) is 1. The molecule has 0 radical (unpaired) electrons. The number of esters is 4. The van der Waals surface area contributed by atoms with Crippen LogP contribution in [0.4, 0.5) is 0 Å². The summed E-state index contributed by atoms with van der Waals surface area (Å²) < 4.78 is 10.1. The van der Waals surface area contributed by atoms with Crippen LogP contribution in [0.2, 0.25) is 0 Å². The van der Waals surface area contributed by atoms with Gasteiger partial charge in [0.2, 0.25) is 0 Å². The van der Waals surface area contributed by atoms with Gasteiger partial charge in [-0.3, -0.25) is 0 Å². The summed E-state index contributed by atoms with van der Waals surface area (Å²) in [5, 5.41) is 12.0. The first-order valence-corrected chi connectivity index (χ1v) is 9.81. The van der Waals surface area contributed by atoms with E-state index in [1.54, 1.807) is 18.2 Å². The van der Waals surface area contributed by atoms with Crippen LogP contribution in [0.1, 0.15) is 27.1 Å². The molecule has 0 bridgehead atoms. The van der Waals surface area contributed by atoms with Gasteiger partial charge in [0.25, 0.3) is 0 Å². The molecule has 9 nitrogen and oxygen atoms in total. The minimum atomic E-state index is -1.28. The number of benzene rings is 1. The van der Waals surface area contributed by atoms with Gasteiger partial charge in [0, 0.05) is 0 Å². The van der Waals surface area contributed by atoms with Crippen LogP contribution in [-0.2, 0) is 23.9 Å². The van der Waals surface area contributed by atoms with Gasteiger partial charge in [0.05, 0.1) is 0 Å². The van der Waals surface area contributed by atoms with Crippen molar-refractivity contribution in [3.05, 3.63) is 61.4 Å². The summed E-state index contributed by atoms with van der Waals surface area (Å²) in [6, 6.07) is 4.49. The molecule has 1 unspecified atom stereocenters. The Bertz CT molecular complexity index is 950. The van der Waals surface area contributed by atoms with Crippen molar-refractivity contribution in [2.24, 2.45) is 5.92 Å². The summed E-state index contributed by atoms with van der Waals surface area (Å²) in [5.41, 5.74) is 0.779.